The van der Waals surface area contributed by atoms with Gasteiger partial charge in [-0.15, -0.1) is 0 Å². The Morgan fingerprint density at radius 3 is 2.18 bits per heavy atom. The van der Waals surface area contributed by atoms with E-state index in [-0.39, 0.29) is 36.9 Å². The van der Waals surface area contributed by atoms with Gasteiger partial charge in [-0.05, 0) is 94.0 Å². The highest BCUT2D eigenvalue weighted by Gasteiger charge is 2.55. The molecule has 4 aliphatic heterocycles. The average molecular weight is 802 g/mol. The van der Waals surface area contributed by atoms with Crippen molar-refractivity contribution in [2.75, 3.05) is 27.8 Å². The van der Waals surface area contributed by atoms with E-state index in [4.69, 9.17) is 42.9 Å². The number of ether oxygens (including phenoxy) is 8. The number of likely N-dealkylation sites (N-methyl/N-ethyl adjacent to an activating group) is 1. The lowest BCUT2D eigenvalue weighted by atomic mass is 9.77. The molecule has 0 amide bonds. The largest absolute Gasteiger partial charge is 0.459 e. The molecule has 0 bridgehead atoms. The van der Waals surface area contributed by atoms with E-state index in [0.717, 1.165) is 0 Å². The van der Waals surface area contributed by atoms with Crippen LogP contribution in [0.3, 0.4) is 0 Å². The second-order valence-electron chi connectivity index (χ2n) is 18.1. The number of aliphatic imine (C=N–C) groups is 1. The zero-order valence-electron chi connectivity index (χ0n) is 36.7. The monoisotopic (exact) mass is 802 g/mol. The summed E-state index contributed by atoms with van der Waals surface area (Å²) in [6, 6.07) is -0.0426. The lowest BCUT2D eigenvalue weighted by Gasteiger charge is -2.49. The molecular formula is C41H75N3O12. The first kappa shape index (κ1) is 47.0. The number of fused-ring (bicyclic) bond motifs is 1. The first-order chi connectivity index (χ1) is 26.0. The van der Waals surface area contributed by atoms with Gasteiger partial charge >= 0.3 is 5.97 Å². The second kappa shape index (κ2) is 18.7. The Hall–Kier alpha value is -1.66. The van der Waals surface area contributed by atoms with Crippen molar-refractivity contribution in [3.05, 3.63) is 0 Å². The molecule has 0 aromatic heterocycles. The first-order valence-electron chi connectivity index (χ1n) is 20.7. The lowest BCUT2D eigenvalue weighted by molar-refractivity contribution is -0.315. The van der Waals surface area contributed by atoms with Crippen LogP contribution in [0.25, 0.3) is 0 Å². The van der Waals surface area contributed by atoms with Gasteiger partial charge in [-0.25, -0.2) is 4.99 Å². The molecule has 0 spiro atoms. The topological polar surface area (TPSA) is 179 Å². The molecule has 0 radical (unpaired) electrons. The highest BCUT2D eigenvalue weighted by molar-refractivity contribution is 5.76. The number of carbonyl (C=O) groups is 1. The number of aliphatic hydroxyl groups is 3. The molecule has 4 saturated heterocycles. The van der Waals surface area contributed by atoms with Crippen LogP contribution < -0.4 is 5.32 Å². The minimum atomic E-state index is -1.77. The Balaban J connectivity index is 1.84. The average Bonchev–Trinajstić information content (AvgIpc) is 3.44. The number of cyclic esters (lactones) is 1. The van der Waals surface area contributed by atoms with Gasteiger partial charge in [-0.1, -0.05) is 20.8 Å². The summed E-state index contributed by atoms with van der Waals surface area (Å²) in [4.78, 5) is 21.2. The SMILES string of the molecule is CC[C@H]1OC(=O)[C@H](C)[C@@H](O[C@H]2C[C@@](C)(OC)[C@@H](O)[C@H](C)O2)[C@H](C)[C@@H](O[C@@H]2O[C@H](C)C[C@H]3[C@H]2OC(=NC(C)C)N3C)[C@](C)(OC)C[C@@H](C)CN[C@H](C)[C@@H](O)[C@]1(C)O. The van der Waals surface area contributed by atoms with E-state index < -0.39 is 96.0 Å². The van der Waals surface area contributed by atoms with Gasteiger partial charge in [0.1, 0.15) is 23.9 Å². The van der Waals surface area contributed by atoms with Crippen molar-refractivity contribution in [2.45, 2.75) is 205 Å². The highest BCUT2D eigenvalue weighted by Crippen LogP contribution is 2.42. The van der Waals surface area contributed by atoms with Crippen LogP contribution >= 0.6 is 0 Å². The normalized spacial score (nSPS) is 48.2. The summed E-state index contributed by atoms with van der Waals surface area (Å²) in [5.74, 6) is -2.16. The zero-order chi connectivity index (χ0) is 42.1. The maximum atomic E-state index is 14.4. The van der Waals surface area contributed by atoms with E-state index >= 15 is 0 Å². The molecule has 56 heavy (non-hydrogen) atoms. The molecule has 326 valence electrons. The minimum absolute atomic E-state index is 0.0105. The minimum Gasteiger partial charge on any atom is -0.459 e. The van der Waals surface area contributed by atoms with Gasteiger partial charge in [0.2, 0.25) is 0 Å². The third-order valence-electron chi connectivity index (χ3n) is 12.9. The molecule has 15 heteroatoms. The molecule has 0 saturated carbocycles. The number of nitrogens with zero attached hydrogens (tertiary/aromatic N) is 2. The van der Waals surface area contributed by atoms with Gasteiger partial charge in [0.15, 0.2) is 18.7 Å². The predicted molar refractivity (Wildman–Crippen MR) is 210 cm³/mol. The van der Waals surface area contributed by atoms with Crippen LogP contribution in [0.15, 0.2) is 4.99 Å². The zero-order valence-corrected chi connectivity index (χ0v) is 36.7. The van der Waals surface area contributed by atoms with Crippen LogP contribution in [0.4, 0.5) is 0 Å². The molecule has 4 heterocycles. The van der Waals surface area contributed by atoms with Crippen molar-refractivity contribution in [1.82, 2.24) is 10.2 Å². The molecule has 0 unspecified atom stereocenters. The van der Waals surface area contributed by atoms with Gasteiger partial charge in [0.05, 0.1) is 47.6 Å². The summed E-state index contributed by atoms with van der Waals surface area (Å²) in [5, 5.41) is 37.6. The molecule has 0 aliphatic carbocycles. The number of hydrogen-bond donors (Lipinski definition) is 4. The Morgan fingerprint density at radius 2 is 1.59 bits per heavy atom. The molecule has 0 aromatic rings. The van der Waals surface area contributed by atoms with Crippen LogP contribution in [0, 0.1) is 17.8 Å². The molecule has 4 N–H and O–H groups in total. The molecule has 4 rings (SSSR count). The van der Waals surface area contributed by atoms with Gasteiger partial charge in [0.25, 0.3) is 6.02 Å². The van der Waals surface area contributed by atoms with E-state index in [1.54, 1.807) is 41.9 Å². The van der Waals surface area contributed by atoms with Gasteiger partial charge in [-0.2, -0.15) is 0 Å². The van der Waals surface area contributed by atoms with Gasteiger partial charge in [-0.3, -0.25) is 4.79 Å². The summed E-state index contributed by atoms with van der Waals surface area (Å²) >= 11 is 0. The van der Waals surface area contributed by atoms with Crippen molar-refractivity contribution in [1.29, 1.82) is 0 Å². The molecular weight excluding hydrogens is 726 g/mol. The predicted octanol–water partition coefficient (Wildman–Crippen LogP) is 3.39. The standard InChI is InChI=1S/C41H75N3O12/c1-16-29-41(12,48)33(45)26(8)42-20-22(4)18-40(11,50-15)35(56-37-32-28(17-23(5)51-37)44(13)38(55-32)43-21(2)3)24(6)31(25(7)36(47)53-29)54-30-19-39(10,49-14)34(46)27(9)52-30/h21-35,37,42,45-46,48H,16-20H2,1-15H3/t22-,23-,24+,25-,26-,27+,28+,29-,30+,31+,32-,33-,34+,35-,37+,39-,40-,41-/m1/s1. The summed E-state index contributed by atoms with van der Waals surface area (Å²) < 4.78 is 51.8. The Morgan fingerprint density at radius 1 is 0.946 bits per heavy atom. The second-order valence-corrected chi connectivity index (χ2v) is 18.1. The Kier molecular flexibility index (Phi) is 15.7. The fourth-order valence-electron chi connectivity index (χ4n) is 9.21. The quantitative estimate of drug-likeness (QED) is 0.263. The summed E-state index contributed by atoms with van der Waals surface area (Å²) in [5.41, 5.74) is -3.75. The van der Waals surface area contributed by atoms with Crippen molar-refractivity contribution in [3.63, 3.8) is 0 Å². The Bertz CT molecular complexity index is 1320. The van der Waals surface area contributed by atoms with E-state index in [0.29, 0.717) is 25.4 Å². The molecule has 4 aliphatic rings. The van der Waals surface area contributed by atoms with Crippen LogP contribution in [-0.2, 0) is 42.7 Å². The van der Waals surface area contributed by atoms with Crippen LogP contribution in [0.2, 0.25) is 0 Å². The maximum Gasteiger partial charge on any atom is 0.311 e. The van der Waals surface area contributed by atoms with Crippen LogP contribution in [-0.4, -0.2) is 156 Å². The molecule has 0 aromatic carbocycles. The number of hydrogen-bond acceptors (Lipinski definition) is 14. The highest BCUT2D eigenvalue weighted by atomic mass is 16.7. The lowest BCUT2D eigenvalue weighted by Crippen LogP contribution is -2.60. The van der Waals surface area contributed by atoms with E-state index in [1.807, 2.05) is 48.6 Å². The number of esters is 1. The fraction of sp³-hybridized carbons (Fsp3) is 0.951. The molecule has 4 fully saturated rings. The van der Waals surface area contributed by atoms with Crippen LogP contribution in [0.1, 0.15) is 109 Å². The fourth-order valence-corrected chi connectivity index (χ4v) is 9.21. The number of amidine groups is 1. The van der Waals surface area contributed by atoms with Crippen LogP contribution in [0.5, 0.6) is 0 Å². The number of aliphatic hydroxyl groups excluding tert-OH is 2. The summed E-state index contributed by atoms with van der Waals surface area (Å²) in [7, 11) is 5.17. The van der Waals surface area contributed by atoms with Crippen molar-refractivity contribution in [3.8, 4) is 0 Å². The Labute approximate surface area is 335 Å². The van der Waals surface area contributed by atoms with E-state index in [1.165, 1.54) is 6.92 Å². The third kappa shape index (κ3) is 10.0. The number of rotatable bonds is 8. The number of methoxy groups -OCH3 is 2. The van der Waals surface area contributed by atoms with E-state index in [2.05, 4.69) is 17.1 Å². The van der Waals surface area contributed by atoms with E-state index in [9.17, 15) is 20.1 Å². The molecule has 15 nitrogen and oxygen atoms in total. The van der Waals surface area contributed by atoms with Gasteiger partial charge < -0.3 is 63.4 Å². The first-order valence-corrected chi connectivity index (χ1v) is 20.7. The number of carbonyl (C=O) groups excluding carboxylic acids is 1. The smallest absolute Gasteiger partial charge is 0.311 e. The summed E-state index contributed by atoms with van der Waals surface area (Å²) in [6.45, 7) is 22.9. The van der Waals surface area contributed by atoms with Crippen molar-refractivity contribution in [2.24, 2.45) is 22.7 Å². The third-order valence-corrected chi connectivity index (χ3v) is 12.9. The van der Waals surface area contributed by atoms with Gasteiger partial charge in [0, 0.05) is 45.7 Å². The molecule has 18 atom stereocenters. The van der Waals surface area contributed by atoms with Crippen molar-refractivity contribution >= 4 is 12.0 Å². The number of nitrogens with one attached hydrogen (secondary N) is 1. The maximum absolute atomic E-state index is 14.4. The van der Waals surface area contributed by atoms with Crippen molar-refractivity contribution < 1.29 is 58.0 Å². The summed E-state index contributed by atoms with van der Waals surface area (Å²) in [6.07, 6.45) is -6.26.